The third-order valence-electron chi connectivity index (χ3n) is 2.08. The number of hydrogen-bond acceptors (Lipinski definition) is 4. The lowest BCUT2D eigenvalue weighted by atomic mass is 10.2. The molecule has 0 aromatic rings. The molecule has 0 fully saturated rings. The summed E-state index contributed by atoms with van der Waals surface area (Å²) >= 11 is 0. The molecular formula is C9H18O4Si. The van der Waals surface area contributed by atoms with Gasteiger partial charge in [0.2, 0.25) is 0 Å². The summed E-state index contributed by atoms with van der Waals surface area (Å²) in [6.07, 6.45) is 2.23. The summed E-state index contributed by atoms with van der Waals surface area (Å²) in [6.45, 7) is 3.60. The van der Waals surface area contributed by atoms with Gasteiger partial charge in [0, 0.05) is 27.4 Å². The molecule has 0 saturated heterocycles. The maximum atomic E-state index is 10.3. The van der Waals surface area contributed by atoms with Crippen LogP contribution in [0.15, 0.2) is 12.2 Å². The predicted octanol–water partition coefficient (Wildman–Crippen LogP) is 1.40. The molecule has 0 heterocycles. The van der Waals surface area contributed by atoms with Gasteiger partial charge in [0.05, 0.1) is 0 Å². The van der Waals surface area contributed by atoms with E-state index in [0.717, 1.165) is 12.7 Å². The van der Waals surface area contributed by atoms with Gasteiger partial charge < -0.3 is 13.3 Å². The lowest BCUT2D eigenvalue weighted by Crippen LogP contribution is -2.42. The lowest BCUT2D eigenvalue weighted by Gasteiger charge is -2.24. The van der Waals surface area contributed by atoms with E-state index in [9.17, 15) is 4.79 Å². The fraction of sp³-hybridized carbons (Fsp3) is 0.667. The minimum atomic E-state index is -2.45. The van der Waals surface area contributed by atoms with Gasteiger partial charge in [-0.15, -0.1) is 0 Å². The van der Waals surface area contributed by atoms with Crippen molar-refractivity contribution in [1.82, 2.24) is 0 Å². The topological polar surface area (TPSA) is 44.8 Å². The molecule has 4 nitrogen and oxygen atoms in total. The van der Waals surface area contributed by atoms with Crippen LogP contribution in [0.1, 0.15) is 12.8 Å². The lowest BCUT2D eigenvalue weighted by molar-refractivity contribution is -0.105. The summed E-state index contributed by atoms with van der Waals surface area (Å²) in [7, 11) is 2.28. The van der Waals surface area contributed by atoms with Gasteiger partial charge >= 0.3 is 8.80 Å². The summed E-state index contributed by atoms with van der Waals surface area (Å²) in [6, 6.07) is 0.698. The largest absolute Gasteiger partial charge is 0.500 e. The van der Waals surface area contributed by atoms with Crippen molar-refractivity contribution < 1.29 is 18.1 Å². The molecule has 0 radical (unpaired) electrons. The SMILES string of the molecule is C=C(C=O)CCC[Si](OC)(OC)OC. The Balaban J connectivity index is 3.94. The van der Waals surface area contributed by atoms with Crippen LogP contribution in [-0.4, -0.2) is 36.4 Å². The number of aldehydes is 1. The molecule has 0 unspecified atom stereocenters. The van der Waals surface area contributed by atoms with Gasteiger partial charge in [-0.3, -0.25) is 4.79 Å². The van der Waals surface area contributed by atoms with Gasteiger partial charge in [0.15, 0.2) is 0 Å². The van der Waals surface area contributed by atoms with Crippen LogP contribution in [0, 0.1) is 0 Å². The van der Waals surface area contributed by atoms with Gasteiger partial charge in [-0.1, -0.05) is 6.58 Å². The second-order valence-corrected chi connectivity index (χ2v) is 6.02. The Morgan fingerprint density at radius 3 is 2.14 bits per heavy atom. The van der Waals surface area contributed by atoms with Crippen molar-refractivity contribution in [3.05, 3.63) is 12.2 Å². The minimum Gasteiger partial charge on any atom is -0.377 e. The van der Waals surface area contributed by atoms with Crippen molar-refractivity contribution in [3.63, 3.8) is 0 Å². The first kappa shape index (κ1) is 13.5. The predicted molar refractivity (Wildman–Crippen MR) is 56.0 cm³/mol. The van der Waals surface area contributed by atoms with Crippen molar-refractivity contribution in [3.8, 4) is 0 Å². The minimum absolute atomic E-state index is 0.594. The van der Waals surface area contributed by atoms with Crippen LogP contribution in [0.5, 0.6) is 0 Å². The van der Waals surface area contributed by atoms with Crippen molar-refractivity contribution in [2.45, 2.75) is 18.9 Å². The van der Waals surface area contributed by atoms with E-state index in [1.165, 1.54) is 0 Å². The summed E-state index contributed by atoms with van der Waals surface area (Å²) in [5, 5.41) is 0. The van der Waals surface area contributed by atoms with Gasteiger partial charge in [0.1, 0.15) is 6.29 Å². The van der Waals surface area contributed by atoms with E-state index in [0.29, 0.717) is 18.0 Å². The Hall–Kier alpha value is -0.493. The number of rotatable bonds is 8. The molecule has 0 aliphatic heterocycles. The van der Waals surface area contributed by atoms with E-state index >= 15 is 0 Å². The Labute approximate surface area is 86.2 Å². The molecule has 0 rings (SSSR count). The summed E-state index contributed by atoms with van der Waals surface area (Å²) < 4.78 is 15.7. The van der Waals surface area contributed by atoms with Crippen molar-refractivity contribution in [2.24, 2.45) is 0 Å². The van der Waals surface area contributed by atoms with Gasteiger partial charge in [0.25, 0.3) is 0 Å². The fourth-order valence-electron chi connectivity index (χ4n) is 1.15. The molecule has 0 aromatic heterocycles. The maximum Gasteiger partial charge on any atom is 0.500 e. The third-order valence-corrected chi connectivity index (χ3v) is 4.91. The normalized spacial score (nSPS) is 11.4. The average Bonchev–Trinajstić information content (AvgIpc) is 2.25. The highest BCUT2D eigenvalue weighted by Gasteiger charge is 2.36. The van der Waals surface area contributed by atoms with Crippen LogP contribution in [0.4, 0.5) is 0 Å². The molecule has 0 N–H and O–H groups in total. The summed E-state index contributed by atoms with van der Waals surface area (Å²) in [5.74, 6) is 0. The van der Waals surface area contributed by atoms with Gasteiger partial charge in [-0.25, -0.2) is 0 Å². The van der Waals surface area contributed by atoms with Crippen LogP contribution < -0.4 is 0 Å². The fourth-order valence-corrected chi connectivity index (χ4v) is 2.87. The molecule has 14 heavy (non-hydrogen) atoms. The molecule has 5 heteroatoms. The van der Waals surface area contributed by atoms with Crippen LogP contribution >= 0.6 is 0 Å². The number of allylic oxidation sites excluding steroid dienone is 1. The monoisotopic (exact) mass is 218 g/mol. The zero-order valence-electron chi connectivity index (χ0n) is 9.04. The number of carbonyl (C=O) groups excluding carboxylic acids is 1. The average molecular weight is 218 g/mol. The van der Waals surface area contributed by atoms with E-state index in [-0.39, 0.29) is 0 Å². The first-order chi connectivity index (χ1) is 6.64. The molecule has 0 amide bonds. The second-order valence-electron chi connectivity index (χ2n) is 2.93. The Bertz CT molecular complexity index is 181. The van der Waals surface area contributed by atoms with E-state index in [1.807, 2.05) is 0 Å². The Morgan fingerprint density at radius 2 is 1.79 bits per heavy atom. The Kier molecular flexibility index (Phi) is 6.64. The standard InChI is InChI=1S/C9H18O4Si/c1-9(8-10)6-5-7-14(11-2,12-3)13-4/h8H,1,5-7H2,2-4H3. The van der Waals surface area contributed by atoms with Crippen LogP contribution in [0.2, 0.25) is 6.04 Å². The van der Waals surface area contributed by atoms with Crippen LogP contribution in [0.25, 0.3) is 0 Å². The third kappa shape index (κ3) is 4.14. The molecule has 0 aliphatic rings. The zero-order valence-corrected chi connectivity index (χ0v) is 10.0. The van der Waals surface area contributed by atoms with Crippen molar-refractivity contribution in [2.75, 3.05) is 21.3 Å². The van der Waals surface area contributed by atoms with E-state index in [4.69, 9.17) is 13.3 Å². The molecule has 82 valence electrons. The molecule has 0 saturated carbocycles. The zero-order chi connectivity index (χ0) is 11.0. The highest BCUT2D eigenvalue weighted by Crippen LogP contribution is 2.17. The second kappa shape index (κ2) is 6.89. The smallest absolute Gasteiger partial charge is 0.377 e. The van der Waals surface area contributed by atoms with E-state index in [1.54, 1.807) is 21.3 Å². The van der Waals surface area contributed by atoms with E-state index in [2.05, 4.69) is 6.58 Å². The molecule has 0 bridgehead atoms. The van der Waals surface area contributed by atoms with Crippen molar-refractivity contribution in [1.29, 1.82) is 0 Å². The van der Waals surface area contributed by atoms with Gasteiger partial charge in [-0.2, -0.15) is 0 Å². The summed E-state index contributed by atoms with van der Waals surface area (Å²) in [4.78, 5) is 10.3. The molecule has 0 aromatic carbocycles. The molecule has 0 atom stereocenters. The highest BCUT2D eigenvalue weighted by atomic mass is 28.4. The van der Waals surface area contributed by atoms with Crippen LogP contribution in [-0.2, 0) is 18.1 Å². The first-order valence-electron chi connectivity index (χ1n) is 4.42. The maximum absolute atomic E-state index is 10.3. The first-order valence-corrected chi connectivity index (χ1v) is 6.35. The van der Waals surface area contributed by atoms with Gasteiger partial charge in [-0.05, 0) is 18.4 Å². The molecular weight excluding hydrogens is 200 g/mol. The molecule has 0 spiro atoms. The number of hydrogen-bond donors (Lipinski definition) is 0. The Morgan fingerprint density at radius 1 is 1.29 bits per heavy atom. The quantitative estimate of drug-likeness (QED) is 0.351. The number of carbonyl (C=O) groups is 1. The summed E-state index contributed by atoms with van der Waals surface area (Å²) in [5.41, 5.74) is 0.594. The molecule has 0 aliphatic carbocycles. The highest BCUT2D eigenvalue weighted by molar-refractivity contribution is 6.60. The van der Waals surface area contributed by atoms with E-state index < -0.39 is 8.80 Å². The van der Waals surface area contributed by atoms with Crippen molar-refractivity contribution >= 4 is 15.1 Å². The van der Waals surface area contributed by atoms with Crippen LogP contribution in [0.3, 0.4) is 0 Å².